The first-order valence-corrected chi connectivity index (χ1v) is 13.3. The third-order valence-corrected chi connectivity index (χ3v) is 6.66. The third kappa shape index (κ3) is 7.35. The minimum absolute atomic E-state index is 0.162. The van der Waals surface area contributed by atoms with E-state index >= 15 is 0 Å². The molecule has 1 aliphatic rings. The zero-order chi connectivity index (χ0) is 24.9. The van der Waals surface area contributed by atoms with Crippen molar-refractivity contribution in [1.29, 1.82) is 0 Å². The molecule has 0 bridgehead atoms. The molecular formula is C20H21BrFIN6O4S. The number of rotatable bonds is 6. The van der Waals surface area contributed by atoms with Gasteiger partial charge < -0.3 is 15.5 Å². The van der Waals surface area contributed by atoms with Crippen molar-refractivity contribution in [2.45, 2.75) is 12.8 Å². The first-order chi connectivity index (χ1) is 16.1. The summed E-state index contributed by atoms with van der Waals surface area (Å²) in [4.78, 5) is 27.1. The van der Waals surface area contributed by atoms with Crippen LogP contribution in [0.1, 0.15) is 12.8 Å². The molecule has 0 aromatic heterocycles. The summed E-state index contributed by atoms with van der Waals surface area (Å²) in [5.74, 6) is -0.729. The highest BCUT2D eigenvalue weighted by atomic mass is 127. The normalized spacial score (nSPS) is 15.1. The Balaban J connectivity index is 1.52. The number of ketones is 1. The van der Waals surface area contributed by atoms with Gasteiger partial charge in [0, 0.05) is 36.1 Å². The van der Waals surface area contributed by atoms with Gasteiger partial charge >= 0.3 is 6.03 Å². The number of benzene rings is 2. The van der Waals surface area contributed by atoms with Gasteiger partial charge in [-0.3, -0.25) is 9.52 Å². The summed E-state index contributed by atoms with van der Waals surface area (Å²) < 4.78 is 42.0. The molecule has 14 heteroatoms. The van der Waals surface area contributed by atoms with E-state index in [0.29, 0.717) is 37.3 Å². The number of anilines is 3. The molecule has 0 atom stereocenters. The molecule has 0 saturated carbocycles. The number of nitrogens with one attached hydrogen (secondary N) is 3. The Morgan fingerprint density at radius 1 is 1.06 bits per heavy atom. The standard InChI is InChI=1S/C20H21BrFIN6O4S/c21-16-11-15(5-6-17(16)22)25-19(27-23)18(30)12-7-9-29(10-8-12)20(31)26-13-1-3-14(4-2-13)28-34(24,32)33/h1-6,11-12,28H,7-10H2,(H,25,27)(H,26,31)(H2,24,32,33). The molecule has 2 aromatic carbocycles. The molecular weight excluding hydrogens is 646 g/mol. The number of hydrogen-bond donors (Lipinski definition) is 4. The number of piperidine rings is 1. The van der Waals surface area contributed by atoms with E-state index in [1.807, 2.05) is 0 Å². The molecule has 0 aliphatic carbocycles. The summed E-state index contributed by atoms with van der Waals surface area (Å²) in [5, 5.41) is 10.6. The van der Waals surface area contributed by atoms with Crippen molar-refractivity contribution in [1.82, 2.24) is 4.90 Å². The highest BCUT2D eigenvalue weighted by Crippen LogP contribution is 2.23. The molecule has 182 valence electrons. The van der Waals surface area contributed by atoms with E-state index in [4.69, 9.17) is 5.14 Å². The van der Waals surface area contributed by atoms with Crippen LogP contribution < -0.4 is 20.5 Å². The number of urea groups is 1. The van der Waals surface area contributed by atoms with Gasteiger partial charge in [0.25, 0.3) is 10.2 Å². The van der Waals surface area contributed by atoms with E-state index in [9.17, 15) is 22.4 Å². The lowest BCUT2D eigenvalue weighted by Gasteiger charge is -2.31. The Kier molecular flexibility index (Phi) is 8.83. The molecule has 3 rings (SSSR count). The van der Waals surface area contributed by atoms with Crippen LogP contribution in [0.15, 0.2) is 50.1 Å². The smallest absolute Gasteiger partial charge is 0.321 e. The molecule has 0 unspecified atom stereocenters. The highest BCUT2D eigenvalue weighted by molar-refractivity contribution is 14.1. The quantitative estimate of drug-likeness (QED) is 0.210. The van der Waals surface area contributed by atoms with Gasteiger partial charge in [0.15, 0.2) is 5.84 Å². The zero-order valence-corrected chi connectivity index (χ0v) is 22.2. The average Bonchev–Trinajstić information content (AvgIpc) is 2.79. The Bertz CT molecular complexity index is 1200. The van der Waals surface area contributed by atoms with Gasteiger partial charge in [-0.05, 0) is 71.2 Å². The van der Waals surface area contributed by atoms with Crippen LogP contribution in [0, 0.1) is 11.7 Å². The van der Waals surface area contributed by atoms with Gasteiger partial charge in [-0.2, -0.15) is 11.6 Å². The Hall–Kier alpha value is -2.30. The number of carbonyl (C=O) groups is 2. The topological polar surface area (TPSA) is 146 Å². The van der Waals surface area contributed by atoms with Crippen molar-refractivity contribution in [2.75, 3.05) is 28.4 Å². The number of nitrogens with zero attached hydrogens (tertiary/aromatic N) is 2. The van der Waals surface area contributed by atoms with Gasteiger partial charge in [0.1, 0.15) is 5.82 Å². The van der Waals surface area contributed by atoms with E-state index in [-0.39, 0.29) is 33.7 Å². The molecule has 1 saturated heterocycles. The second-order valence-electron chi connectivity index (χ2n) is 7.47. The van der Waals surface area contributed by atoms with Crippen molar-refractivity contribution < 1.29 is 22.4 Å². The molecule has 34 heavy (non-hydrogen) atoms. The van der Waals surface area contributed by atoms with Crippen LogP contribution in [-0.4, -0.2) is 44.1 Å². The monoisotopic (exact) mass is 666 g/mol. The first-order valence-electron chi connectivity index (χ1n) is 9.97. The average molecular weight is 667 g/mol. The number of hydrogen-bond acceptors (Lipinski definition) is 5. The number of nitrogens with two attached hydrogens (primary N) is 1. The fourth-order valence-corrected chi connectivity index (χ4v) is 4.56. The van der Waals surface area contributed by atoms with Gasteiger partial charge in [-0.25, -0.2) is 14.3 Å². The van der Waals surface area contributed by atoms with Crippen LogP contribution in [0.3, 0.4) is 0 Å². The Labute approximate surface area is 218 Å². The predicted octanol–water partition coefficient (Wildman–Crippen LogP) is 3.88. The van der Waals surface area contributed by atoms with Crippen LogP contribution in [-0.2, 0) is 15.0 Å². The first kappa shape index (κ1) is 26.3. The lowest BCUT2D eigenvalue weighted by molar-refractivity contribution is -0.117. The van der Waals surface area contributed by atoms with Crippen LogP contribution in [0.25, 0.3) is 0 Å². The van der Waals surface area contributed by atoms with Crippen molar-refractivity contribution in [3.63, 3.8) is 0 Å². The minimum atomic E-state index is -3.88. The molecule has 2 aromatic rings. The van der Waals surface area contributed by atoms with Gasteiger partial charge in [-0.15, -0.1) is 0 Å². The fourth-order valence-electron chi connectivity index (χ4n) is 3.36. The zero-order valence-electron chi connectivity index (χ0n) is 17.6. The number of amidine groups is 1. The van der Waals surface area contributed by atoms with Crippen molar-refractivity contribution in [2.24, 2.45) is 14.3 Å². The van der Waals surface area contributed by atoms with Gasteiger partial charge in [-0.1, -0.05) is 0 Å². The van der Waals surface area contributed by atoms with E-state index in [0.717, 1.165) is 0 Å². The molecule has 5 N–H and O–H groups in total. The van der Waals surface area contributed by atoms with E-state index in [1.165, 1.54) is 30.3 Å². The maximum atomic E-state index is 13.4. The number of Topliss-reactive ketones (excluding diaryl/α,β-unsaturated/α-hetero) is 1. The molecule has 1 aliphatic heterocycles. The van der Waals surface area contributed by atoms with E-state index in [1.54, 1.807) is 39.9 Å². The second-order valence-corrected chi connectivity index (χ2v) is 10.1. The van der Waals surface area contributed by atoms with Gasteiger partial charge in [0.2, 0.25) is 5.78 Å². The largest absolute Gasteiger partial charge is 0.337 e. The van der Waals surface area contributed by atoms with Crippen LogP contribution >= 0.6 is 38.8 Å². The number of carbonyl (C=O) groups excluding carboxylic acids is 2. The maximum absolute atomic E-state index is 13.4. The van der Waals surface area contributed by atoms with Crippen LogP contribution in [0.2, 0.25) is 0 Å². The second kappa shape index (κ2) is 11.4. The fraction of sp³-hybridized carbons (Fsp3) is 0.250. The summed E-state index contributed by atoms with van der Waals surface area (Å²) >= 11 is 4.85. The predicted molar refractivity (Wildman–Crippen MR) is 141 cm³/mol. The lowest BCUT2D eigenvalue weighted by Crippen LogP contribution is -2.44. The van der Waals surface area contributed by atoms with Gasteiger partial charge in [0.05, 0.1) is 27.3 Å². The summed E-state index contributed by atoms with van der Waals surface area (Å²) in [6.45, 7) is 0.758. The Morgan fingerprint density at radius 3 is 2.21 bits per heavy atom. The maximum Gasteiger partial charge on any atom is 0.321 e. The Morgan fingerprint density at radius 2 is 1.65 bits per heavy atom. The number of halogens is 3. The summed E-state index contributed by atoms with van der Waals surface area (Å²) in [7, 11) is -3.88. The molecule has 2 amide bonds. The number of likely N-dealkylation sites (tertiary alicyclic amines) is 1. The van der Waals surface area contributed by atoms with E-state index < -0.39 is 16.0 Å². The molecule has 1 heterocycles. The van der Waals surface area contributed by atoms with Crippen LogP contribution in [0.5, 0.6) is 0 Å². The minimum Gasteiger partial charge on any atom is -0.337 e. The lowest BCUT2D eigenvalue weighted by atomic mass is 9.92. The van der Waals surface area contributed by atoms with Crippen LogP contribution in [0.4, 0.5) is 26.2 Å². The van der Waals surface area contributed by atoms with Crippen molar-refractivity contribution >= 4 is 83.7 Å². The molecule has 10 nitrogen and oxygen atoms in total. The van der Waals surface area contributed by atoms with Crippen molar-refractivity contribution in [3.05, 3.63) is 52.8 Å². The summed E-state index contributed by atoms with van der Waals surface area (Å²) in [6, 6.07) is 10.0. The summed E-state index contributed by atoms with van der Waals surface area (Å²) in [5.41, 5.74) is 1.28. The third-order valence-electron chi connectivity index (χ3n) is 5.05. The summed E-state index contributed by atoms with van der Waals surface area (Å²) in [6.07, 6.45) is 0.932. The molecule has 0 spiro atoms. The number of amides is 2. The molecule has 0 radical (unpaired) electrons. The van der Waals surface area contributed by atoms with Crippen molar-refractivity contribution in [3.8, 4) is 0 Å². The SMILES string of the molecule is NS(=O)(=O)Nc1ccc(NC(=O)N2CCC(C(=O)C(=NI)Nc3ccc(F)c(Br)c3)CC2)cc1. The molecule has 1 fully saturated rings. The highest BCUT2D eigenvalue weighted by Gasteiger charge is 2.30. The van der Waals surface area contributed by atoms with E-state index in [2.05, 4.69) is 34.5 Å².